The molecule has 2 nitrogen and oxygen atoms in total. The van der Waals surface area contributed by atoms with Crippen LogP contribution in [0.5, 0.6) is 0 Å². The Hall–Kier alpha value is -0.730. The number of halogens is 1. The minimum Gasteiger partial charge on any atom is -0.392 e. The second kappa shape index (κ2) is 4.49. The van der Waals surface area contributed by atoms with E-state index in [2.05, 4.69) is 5.32 Å². The Morgan fingerprint density at radius 2 is 2.23 bits per heavy atom. The zero-order valence-corrected chi connectivity index (χ0v) is 8.60. The minimum absolute atomic E-state index is 0.365. The topological polar surface area (TPSA) is 32.3 Å². The molecule has 1 rings (SSSR count). The first kappa shape index (κ1) is 10.4. The van der Waals surface area contributed by atoms with E-state index in [4.69, 9.17) is 16.7 Å². The summed E-state index contributed by atoms with van der Waals surface area (Å²) in [6.07, 6.45) is -0.365. The van der Waals surface area contributed by atoms with Crippen molar-refractivity contribution < 1.29 is 5.11 Å². The van der Waals surface area contributed by atoms with Gasteiger partial charge in [-0.25, -0.2) is 0 Å². The molecule has 0 aliphatic carbocycles. The van der Waals surface area contributed by atoms with Gasteiger partial charge in [0.25, 0.3) is 0 Å². The highest BCUT2D eigenvalue weighted by atomic mass is 35.5. The van der Waals surface area contributed by atoms with Gasteiger partial charge >= 0.3 is 0 Å². The number of hydrogen-bond donors (Lipinski definition) is 2. The van der Waals surface area contributed by atoms with Gasteiger partial charge in [0.2, 0.25) is 0 Å². The van der Waals surface area contributed by atoms with Crippen molar-refractivity contribution in [2.45, 2.75) is 20.0 Å². The van der Waals surface area contributed by atoms with E-state index in [-0.39, 0.29) is 6.10 Å². The lowest BCUT2D eigenvalue weighted by Gasteiger charge is -2.12. The van der Waals surface area contributed by atoms with Gasteiger partial charge in [0.1, 0.15) is 0 Å². The summed E-state index contributed by atoms with van der Waals surface area (Å²) in [6, 6.07) is 5.72. The van der Waals surface area contributed by atoms with Crippen LogP contribution in [0.4, 0.5) is 5.69 Å². The molecule has 0 saturated carbocycles. The van der Waals surface area contributed by atoms with E-state index in [0.29, 0.717) is 11.6 Å². The van der Waals surface area contributed by atoms with E-state index < -0.39 is 0 Å². The van der Waals surface area contributed by atoms with Crippen molar-refractivity contribution >= 4 is 17.3 Å². The van der Waals surface area contributed by atoms with Gasteiger partial charge in [-0.1, -0.05) is 23.7 Å². The van der Waals surface area contributed by atoms with Crippen molar-refractivity contribution in [3.05, 3.63) is 28.8 Å². The lowest BCUT2D eigenvalue weighted by atomic mass is 10.2. The van der Waals surface area contributed by atoms with Crippen LogP contribution in [0.1, 0.15) is 12.5 Å². The molecule has 0 spiro atoms. The van der Waals surface area contributed by atoms with Gasteiger partial charge in [-0.2, -0.15) is 0 Å². The quantitative estimate of drug-likeness (QED) is 0.784. The van der Waals surface area contributed by atoms with Crippen LogP contribution in [0.15, 0.2) is 18.2 Å². The summed E-state index contributed by atoms with van der Waals surface area (Å²) in [4.78, 5) is 0. The lowest BCUT2D eigenvalue weighted by Crippen LogP contribution is -2.16. The molecule has 0 aromatic heterocycles. The maximum absolute atomic E-state index is 9.09. The molecule has 0 unspecified atom stereocenters. The second-order valence-electron chi connectivity index (χ2n) is 3.16. The molecule has 1 aromatic carbocycles. The van der Waals surface area contributed by atoms with Gasteiger partial charge in [-0.05, 0) is 25.5 Å². The van der Waals surface area contributed by atoms with E-state index in [1.54, 1.807) is 6.92 Å². The molecule has 0 aliphatic rings. The molecule has 3 heteroatoms. The Balaban J connectivity index is 2.75. The minimum atomic E-state index is -0.365. The van der Waals surface area contributed by atoms with Crippen molar-refractivity contribution in [3.63, 3.8) is 0 Å². The van der Waals surface area contributed by atoms with E-state index in [1.165, 1.54) is 0 Å². The molecular weight excluding hydrogens is 186 g/mol. The van der Waals surface area contributed by atoms with E-state index in [1.807, 2.05) is 25.1 Å². The summed E-state index contributed by atoms with van der Waals surface area (Å²) in [5.74, 6) is 0. The van der Waals surface area contributed by atoms with Gasteiger partial charge in [-0.15, -0.1) is 0 Å². The fourth-order valence-electron chi connectivity index (χ4n) is 1.11. The third kappa shape index (κ3) is 2.90. The van der Waals surface area contributed by atoms with Crippen LogP contribution < -0.4 is 5.32 Å². The zero-order chi connectivity index (χ0) is 9.84. The van der Waals surface area contributed by atoms with E-state index in [0.717, 1.165) is 11.3 Å². The van der Waals surface area contributed by atoms with Gasteiger partial charge < -0.3 is 10.4 Å². The van der Waals surface area contributed by atoms with Crippen LogP contribution in [0.25, 0.3) is 0 Å². The Morgan fingerprint density at radius 3 is 2.77 bits per heavy atom. The molecule has 72 valence electrons. The number of rotatable bonds is 3. The number of aliphatic hydroxyl groups excluding tert-OH is 1. The molecule has 0 aliphatic heterocycles. The van der Waals surface area contributed by atoms with Gasteiger partial charge in [0, 0.05) is 6.54 Å². The van der Waals surface area contributed by atoms with Crippen molar-refractivity contribution in [1.82, 2.24) is 0 Å². The Labute approximate surface area is 83.5 Å². The molecule has 0 fully saturated rings. The number of aryl methyl sites for hydroxylation is 1. The molecule has 0 amide bonds. The first-order valence-electron chi connectivity index (χ1n) is 4.28. The van der Waals surface area contributed by atoms with Gasteiger partial charge in [0.05, 0.1) is 16.8 Å². The largest absolute Gasteiger partial charge is 0.392 e. The summed E-state index contributed by atoms with van der Waals surface area (Å²) in [5, 5.41) is 12.9. The number of anilines is 1. The summed E-state index contributed by atoms with van der Waals surface area (Å²) in [7, 11) is 0. The van der Waals surface area contributed by atoms with Crippen LogP contribution in [0, 0.1) is 6.92 Å². The summed E-state index contributed by atoms with van der Waals surface area (Å²) in [6.45, 7) is 4.24. The van der Waals surface area contributed by atoms with Gasteiger partial charge in [-0.3, -0.25) is 0 Å². The predicted octanol–water partition coefficient (Wildman–Crippen LogP) is 2.44. The molecule has 13 heavy (non-hydrogen) atoms. The lowest BCUT2D eigenvalue weighted by molar-refractivity contribution is 0.208. The SMILES string of the molecule is Cc1cccc(Cl)c1NC[C@H](C)O. The molecule has 0 bridgehead atoms. The predicted molar refractivity (Wildman–Crippen MR) is 56.4 cm³/mol. The van der Waals surface area contributed by atoms with Crippen LogP contribution in [-0.4, -0.2) is 17.8 Å². The highest BCUT2D eigenvalue weighted by molar-refractivity contribution is 6.33. The normalized spacial score (nSPS) is 12.6. The summed E-state index contributed by atoms with van der Waals surface area (Å²) >= 11 is 5.97. The number of aliphatic hydroxyl groups is 1. The molecule has 2 N–H and O–H groups in total. The maximum atomic E-state index is 9.09. The highest BCUT2D eigenvalue weighted by Gasteiger charge is 2.03. The molecule has 0 heterocycles. The first-order valence-corrected chi connectivity index (χ1v) is 4.66. The smallest absolute Gasteiger partial charge is 0.0684 e. The highest BCUT2D eigenvalue weighted by Crippen LogP contribution is 2.24. The van der Waals surface area contributed by atoms with Crippen molar-refractivity contribution in [2.24, 2.45) is 0 Å². The number of benzene rings is 1. The fourth-order valence-corrected chi connectivity index (χ4v) is 1.39. The van der Waals surface area contributed by atoms with E-state index >= 15 is 0 Å². The molecular formula is C10H14ClNO. The Kier molecular flexibility index (Phi) is 3.58. The van der Waals surface area contributed by atoms with E-state index in [9.17, 15) is 0 Å². The van der Waals surface area contributed by atoms with Crippen LogP contribution in [0.2, 0.25) is 5.02 Å². The Morgan fingerprint density at radius 1 is 1.54 bits per heavy atom. The average molecular weight is 200 g/mol. The number of nitrogens with one attached hydrogen (secondary N) is 1. The van der Waals surface area contributed by atoms with Gasteiger partial charge in [0.15, 0.2) is 0 Å². The molecule has 1 atom stereocenters. The second-order valence-corrected chi connectivity index (χ2v) is 3.57. The third-order valence-corrected chi connectivity index (χ3v) is 2.11. The molecule has 1 aromatic rings. The molecule has 0 saturated heterocycles. The standard InChI is InChI=1S/C10H14ClNO/c1-7-4-3-5-9(11)10(7)12-6-8(2)13/h3-5,8,12-13H,6H2,1-2H3/t8-/m0/s1. The van der Waals surface area contributed by atoms with Crippen LogP contribution in [-0.2, 0) is 0 Å². The monoisotopic (exact) mass is 199 g/mol. The summed E-state index contributed by atoms with van der Waals surface area (Å²) in [5.41, 5.74) is 2.00. The maximum Gasteiger partial charge on any atom is 0.0684 e. The third-order valence-electron chi connectivity index (χ3n) is 1.80. The fraction of sp³-hybridized carbons (Fsp3) is 0.400. The van der Waals surface area contributed by atoms with Crippen molar-refractivity contribution in [3.8, 4) is 0 Å². The molecule has 0 radical (unpaired) electrons. The Bertz CT molecular complexity index is 266. The number of para-hydroxylation sites is 1. The average Bonchev–Trinajstić information content (AvgIpc) is 2.03. The van der Waals surface area contributed by atoms with Crippen LogP contribution in [0.3, 0.4) is 0 Å². The number of hydrogen-bond acceptors (Lipinski definition) is 2. The van der Waals surface area contributed by atoms with Crippen molar-refractivity contribution in [2.75, 3.05) is 11.9 Å². The van der Waals surface area contributed by atoms with Crippen molar-refractivity contribution in [1.29, 1.82) is 0 Å². The first-order chi connectivity index (χ1) is 6.11. The van der Waals surface area contributed by atoms with Crippen LogP contribution >= 0.6 is 11.6 Å². The zero-order valence-electron chi connectivity index (χ0n) is 7.84. The summed E-state index contributed by atoms with van der Waals surface area (Å²) < 4.78 is 0.